The van der Waals surface area contributed by atoms with Gasteiger partial charge in [0.1, 0.15) is 5.69 Å². The predicted octanol–water partition coefficient (Wildman–Crippen LogP) is 3.98. The summed E-state index contributed by atoms with van der Waals surface area (Å²) in [7, 11) is 0. The third-order valence-corrected chi connectivity index (χ3v) is 7.35. The van der Waals surface area contributed by atoms with Crippen molar-refractivity contribution >= 4 is 28.7 Å². The van der Waals surface area contributed by atoms with Crippen molar-refractivity contribution in [3.05, 3.63) is 58.6 Å². The molecule has 8 heteroatoms. The van der Waals surface area contributed by atoms with Gasteiger partial charge in [0.05, 0.1) is 4.92 Å². The van der Waals surface area contributed by atoms with Crippen LogP contribution in [0.25, 0.3) is 0 Å². The van der Waals surface area contributed by atoms with Crippen molar-refractivity contribution < 1.29 is 9.72 Å². The SMILES string of the molecule is O=C(Nc1cccc(N2CCN(CC3CC3)CC2)c1)C1CCN(c2ccccc2[N+](=O)[O-])CC1. The van der Waals surface area contributed by atoms with Crippen molar-refractivity contribution in [2.24, 2.45) is 11.8 Å². The van der Waals surface area contributed by atoms with Crippen LogP contribution in [-0.4, -0.2) is 61.5 Å². The molecule has 1 saturated carbocycles. The molecule has 0 atom stereocenters. The van der Waals surface area contributed by atoms with E-state index in [1.54, 1.807) is 12.1 Å². The average molecular weight is 464 g/mol. The van der Waals surface area contributed by atoms with Gasteiger partial charge in [-0.05, 0) is 55.9 Å². The quantitative estimate of drug-likeness (QED) is 0.494. The molecule has 3 aliphatic rings. The molecular weight excluding hydrogens is 430 g/mol. The Morgan fingerprint density at radius 2 is 1.65 bits per heavy atom. The topological polar surface area (TPSA) is 82.0 Å². The van der Waals surface area contributed by atoms with E-state index in [1.165, 1.54) is 25.5 Å². The summed E-state index contributed by atoms with van der Waals surface area (Å²) in [5.74, 6) is 0.877. The van der Waals surface area contributed by atoms with Gasteiger partial charge in [0, 0.05) is 69.2 Å². The number of hydrogen-bond acceptors (Lipinski definition) is 6. The Balaban J connectivity index is 1.14. The molecule has 0 unspecified atom stereocenters. The molecule has 0 radical (unpaired) electrons. The number of carbonyl (C=O) groups is 1. The molecule has 2 aromatic rings. The number of piperidine rings is 1. The molecule has 0 aromatic heterocycles. The number of rotatable bonds is 7. The van der Waals surface area contributed by atoms with Gasteiger partial charge >= 0.3 is 0 Å². The Labute approximate surface area is 200 Å². The van der Waals surface area contributed by atoms with Crippen LogP contribution in [0, 0.1) is 22.0 Å². The molecule has 8 nitrogen and oxygen atoms in total. The molecule has 34 heavy (non-hydrogen) atoms. The zero-order chi connectivity index (χ0) is 23.5. The number of nitro groups is 1. The number of carbonyl (C=O) groups excluding carboxylic acids is 1. The van der Waals surface area contributed by atoms with Crippen LogP contribution >= 0.6 is 0 Å². The number of para-hydroxylation sites is 2. The Kier molecular flexibility index (Phi) is 6.67. The normalized spacial score (nSPS) is 19.8. The van der Waals surface area contributed by atoms with Gasteiger partial charge in [-0.15, -0.1) is 0 Å². The summed E-state index contributed by atoms with van der Waals surface area (Å²) in [6, 6.07) is 15.0. The molecule has 2 aliphatic heterocycles. The summed E-state index contributed by atoms with van der Waals surface area (Å²) in [4.78, 5) is 31.0. The maximum absolute atomic E-state index is 13.0. The fourth-order valence-corrected chi connectivity index (χ4v) is 5.15. The van der Waals surface area contributed by atoms with Crippen molar-refractivity contribution in [3.63, 3.8) is 0 Å². The van der Waals surface area contributed by atoms with E-state index >= 15 is 0 Å². The summed E-state index contributed by atoms with van der Waals surface area (Å²) in [5.41, 5.74) is 2.76. The minimum Gasteiger partial charge on any atom is -0.369 e. The lowest BCUT2D eigenvalue weighted by Gasteiger charge is -2.36. The number of piperazine rings is 1. The first-order chi connectivity index (χ1) is 16.6. The first-order valence-electron chi connectivity index (χ1n) is 12.4. The highest BCUT2D eigenvalue weighted by atomic mass is 16.6. The molecule has 5 rings (SSSR count). The van der Waals surface area contributed by atoms with Gasteiger partial charge in [0.25, 0.3) is 5.69 Å². The summed E-state index contributed by atoms with van der Waals surface area (Å²) < 4.78 is 0. The van der Waals surface area contributed by atoms with E-state index in [0.29, 0.717) is 31.6 Å². The Morgan fingerprint density at radius 3 is 2.35 bits per heavy atom. The standard InChI is InChI=1S/C26H33N5O3/c32-26(21-10-12-30(13-11-21)24-6-1-2-7-25(24)31(33)34)27-22-4-3-5-23(18-22)29-16-14-28(15-17-29)19-20-8-9-20/h1-7,18,20-21H,8-17,19H2,(H,27,32). The van der Waals surface area contributed by atoms with Crippen molar-refractivity contribution in [1.82, 2.24) is 4.90 Å². The van der Waals surface area contributed by atoms with Crippen molar-refractivity contribution in [3.8, 4) is 0 Å². The lowest BCUT2D eigenvalue weighted by molar-refractivity contribution is -0.384. The Morgan fingerprint density at radius 1 is 0.912 bits per heavy atom. The Bertz CT molecular complexity index is 1020. The monoisotopic (exact) mass is 463 g/mol. The molecule has 2 saturated heterocycles. The number of nitro benzene ring substituents is 1. The molecule has 2 heterocycles. The Hall–Kier alpha value is -3.13. The van der Waals surface area contributed by atoms with E-state index in [0.717, 1.165) is 43.5 Å². The third kappa shape index (κ3) is 5.33. The van der Waals surface area contributed by atoms with Gasteiger partial charge in [0.2, 0.25) is 5.91 Å². The fraction of sp³-hybridized carbons (Fsp3) is 0.500. The molecule has 0 bridgehead atoms. The second-order valence-electron chi connectivity index (χ2n) is 9.78. The summed E-state index contributed by atoms with van der Waals surface area (Å²) >= 11 is 0. The van der Waals surface area contributed by atoms with Crippen LogP contribution in [0.4, 0.5) is 22.7 Å². The van der Waals surface area contributed by atoms with Crippen LogP contribution in [0.2, 0.25) is 0 Å². The second-order valence-corrected chi connectivity index (χ2v) is 9.78. The smallest absolute Gasteiger partial charge is 0.292 e. The molecular formula is C26H33N5O3. The van der Waals surface area contributed by atoms with E-state index < -0.39 is 0 Å². The third-order valence-electron chi connectivity index (χ3n) is 7.35. The number of hydrogen-bond donors (Lipinski definition) is 1. The number of nitrogens with zero attached hydrogens (tertiary/aromatic N) is 4. The first kappa shape index (κ1) is 22.7. The number of amides is 1. The maximum Gasteiger partial charge on any atom is 0.292 e. The fourth-order valence-electron chi connectivity index (χ4n) is 5.15. The summed E-state index contributed by atoms with van der Waals surface area (Å²) in [6.07, 6.45) is 4.15. The van der Waals surface area contributed by atoms with E-state index in [4.69, 9.17) is 0 Å². The van der Waals surface area contributed by atoms with Crippen LogP contribution in [-0.2, 0) is 4.79 Å². The average Bonchev–Trinajstić information content (AvgIpc) is 3.69. The second kappa shape index (κ2) is 10.0. The number of anilines is 3. The molecule has 1 amide bonds. The summed E-state index contributed by atoms with van der Waals surface area (Å²) in [6.45, 7) is 6.77. The molecule has 0 spiro atoms. The van der Waals surface area contributed by atoms with Gasteiger partial charge in [-0.2, -0.15) is 0 Å². The largest absolute Gasteiger partial charge is 0.369 e. The van der Waals surface area contributed by atoms with Gasteiger partial charge in [-0.1, -0.05) is 18.2 Å². The zero-order valence-electron chi connectivity index (χ0n) is 19.6. The first-order valence-corrected chi connectivity index (χ1v) is 12.4. The lowest BCUT2D eigenvalue weighted by atomic mass is 9.95. The van der Waals surface area contributed by atoms with E-state index in [1.807, 2.05) is 23.1 Å². The molecule has 1 N–H and O–H groups in total. The van der Waals surface area contributed by atoms with Gasteiger partial charge in [0.15, 0.2) is 0 Å². The van der Waals surface area contributed by atoms with Gasteiger partial charge in [-0.25, -0.2) is 0 Å². The van der Waals surface area contributed by atoms with Crippen LogP contribution in [0.3, 0.4) is 0 Å². The van der Waals surface area contributed by atoms with E-state index in [-0.39, 0.29) is 22.4 Å². The lowest BCUT2D eigenvalue weighted by Crippen LogP contribution is -2.47. The predicted molar refractivity (Wildman–Crippen MR) is 134 cm³/mol. The number of nitrogens with one attached hydrogen (secondary N) is 1. The van der Waals surface area contributed by atoms with E-state index in [9.17, 15) is 14.9 Å². The zero-order valence-corrected chi connectivity index (χ0v) is 19.6. The highest BCUT2D eigenvalue weighted by molar-refractivity contribution is 5.93. The maximum atomic E-state index is 13.0. The summed E-state index contributed by atoms with van der Waals surface area (Å²) in [5, 5.41) is 14.5. The minimum atomic E-state index is -0.339. The highest BCUT2D eigenvalue weighted by Crippen LogP contribution is 2.32. The van der Waals surface area contributed by atoms with Crippen molar-refractivity contribution in [2.45, 2.75) is 25.7 Å². The van der Waals surface area contributed by atoms with Crippen molar-refractivity contribution in [2.75, 3.05) is 60.9 Å². The molecule has 3 fully saturated rings. The highest BCUT2D eigenvalue weighted by Gasteiger charge is 2.29. The van der Waals surface area contributed by atoms with Gasteiger partial charge < -0.3 is 15.1 Å². The van der Waals surface area contributed by atoms with Gasteiger partial charge in [-0.3, -0.25) is 19.8 Å². The van der Waals surface area contributed by atoms with Crippen LogP contribution in [0.1, 0.15) is 25.7 Å². The minimum absolute atomic E-state index is 0.0358. The molecule has 1 aliphatic carbocycles. The van der Waals surface area contributed by atoms with Crippen molar-refractivity contribution in [1.29, 1.82) is 0 Å². The molecule has 2 aromatic carbocycles. The van der Waals surface area contributed by atoms with Crippen LogP contribution in [0.5, 0.6) is 0 Å². The number of benzene rings is 2. The molecule has 180 valence electrons. The van der Waals surface area contributed by atoms with Crippen LogP contribution < -0.4 is 15.1 Å². The van der Waals surface area contributed by atoms with E-state index in [2.05, 4.69) is 27.2 Å². The van der Waals surface area contributed by atoms with Crippen LogP contribution in [0.15, 0.2) is 48.5 Å².